The second-order valence-electron chi connectivity index (χ2n) is 6.64. The number of fused-ring (bicyclic) bond motifs is 1. The SMILES string of the molecule is c1ccc(N2CC3CCCC3C2)c(CNC2CC2)c1. The summed E-state index contributed by atoms with van der Waals surface area (Å²) in [6.45, 7) is 3.64. The summed E-state index contributed by atoms with van der Waals surface area (Å²) in [6, 6.07) is 9.81. The Morgan fingerprint density at radius 2 is 1.74 bits per heavy atom. The van der Waals surface area contributed by atoms with E-state index in [1.54, 1.807) is 0 Å². The molecule has 0 bridgehead atoms. The van der Waals surface area contributed by atoms with Crippen molar-refractivity contribution in [2.45, 2.75) is 44.7 Å². The molecule has 102 valence electrons. The Bertz CT molecular complexity index is 440. The number of rotatable bonds is 4. The monoisotopic (exact) mass is 256 g/mol. The molecule has 2 heteroatoms. The molecule has 19 heavy (non-hydrogen) atoms. The van der Waals surface area contributed by atoms with Gasteiger partial charge < -0.3 is 10.2 Å². The molecule has 0 aromatic heterocycles. The molecule has 2 atom stereocenters. The van der Waals surface area contributed by atoms with Gasteiger partial charge in [0.05, 0.1) is 0 Å². The average molecular weight is 256 g/mol. The van der Waals surface area contributed by atoms with Crippen LogP contribution in [0, 0.1) is 11.8 Å². The van der Waals surface area contributed by atoms with Crippen LogP contribution in [-0.2, 0) is 6.54 Å². The molecule has 0 amide bonds. The minimum absolute atomic E-state index is 0.797. The highest BCUT2D eigenvalue weighted by Gasteiger charge is 2.36. The van der Waals surface area contributed by atoms with Crippen molar-refractivity contribution in [3.05, 3.63) is 29.8 Å². The van der Waals surface area contributed by atoms with Gasteiger partial charge in [0.15, 0.2) is 0 Å². The third-order valence-corrected chi connectivity index (χ3v) is 5.22. The summed E-state index contributed by atoms with van der Waals surface area (Å²) < 4.78 is 0. The Hall–Kier alpha value is -1.02. The molecule has 0 radical (unpaired) electrons. The van der Waals surface area contributed by atoms with Crippen LogP contribution in [-0.4, -0.2) is 19.1 Å². The van der Waals surface area contributed by atoms with Crippen molar-refractivity contribution in [2.75, 3.05) is 18.0 Å². The molecule has 1 N–H and O–H groups in total. The van der Waals surface area contributed by atoms with Gasteiger partial charge >= 0.3 is 0 Å². The lowest BCUT2D eigenvalue weighted by atomic mass is 10.0. The van der Waals surface area contributed by atoms with Gasteiger partial charge in [-0.1, -0.05) is 24.6 Å². The maximum absolute atomic E-state index is 3.66. The lowest BCUT2D eigenvalue weighted by molar-refractivity contribution is 0.494. The molecule has 4 rings (SSSR count). The fraction of sp³-hybridized carbons (Fsp3) is 0.647. The fourth-order valence-corrected chi connectivity index (χ4v) is 3.94. The van der Waals surface area contributed by atoms with Crippen molar-refractivity contribution in [1.82, 2.24) is 5.32 Å². The molecule has 3 aliphatic rings. The second kappa shape index (κ2) is 4.82. The molecule has 2 unspecified atom stereocenters. The quantitative estimate of drug-likeness (QED) is 0.890. The van der Waals surface area contributed by atoms with E-state index in [0.717, 1.165) is 24.4 Å². The largest absolute Gasteiger partial charge is 0.371 e. The maximum Gasteiger partial charge on any atom is 0.0412 e. The van der Waals surface area contributed by atoms with Gasteiger partial charge in [-0.25, -0.2) is 0 Å². The van der Waals surface area contributed by atoms with Crippen LogP contribution in [0.4, 0.5) is 5.69 Å². The lowest BCUT2D eigenvalue weighted by Crippen LogP contribution is -2.24. The third kappa shape index (κ3) is 2.38. The van der Waals surface area contributed by atoms with Gasteiger partial charge in [0.25, 0.3) is 0 Å². The number of benzene rings is 1. The maximum atomic E-state index is 3.66. The van der Waals surface area contributed by atoms with Crippen LogP contribution in [0.15, 0.2) is 24.3 Å². The molecule has 2 nitrogen and oxygen atoms in total. The average Bonchev–Trinajstić information content (AvgIpc) is 3.01. The standard InChI is InChI=1S/C17H24N2/c1-2-7-17(13(4-1)10-18-16-8-9-16)19-11-14-5-3-6-15(14)12-19/h1-2,4,7,14-16,18H,3,5-6,8-12H2. The Kier molecular flexibility index (Phi) is 2.99. The highest BCUT2D eigenvalue weighted by atomic mass is 15.2. The summed E-state index contributed by atoms with van der Waals surface area (Å²) in [5, 5.41) is 3.66. The molecule has 0 spiro atoms. The zero-order chi connectivity index (χ0) is 12.7. The summed E-state index contributed by atoms with van der Waals surface area (Å²) in [4.78, 5) is 2.65. The number of para-hydroxylation sites is 1. The number of nitrogens with zero attached hydrogens (tertiary/aromatic N) is 1. The minimum atomic E-state index is 0.797. The van der Waals surface area contributed by atoms with Crippen LogP contribution in [0.2, 0.25) is 0 Å². The molecule has 1 aromatic rings. The topological polar surface area (TPSA) is 15.3 Å². The Morgan fingerprint density at radius 1 is 1.00 bits per heavy atom. The first-order valence-corrected chi connectivity index (χ1v) is 7.96. The predicted octanol–water partition coefficient (Wildman–Crippen LogP) is 3.17. The van der Waals surface area contributed by atoms with Gasteiger partial charge in [0.1, 0.15) is 0 Å². The summed E-state index contributed by atoms with van der Waals surface area (Å²) in [6.07, 6.45) is 7.13. The van der Waals surface area contributed by atoms with E-state index in [4.69, 9.17) is 0 Å². The van der Waals surface area contributed by atoms with Crippen LogP contribution in [0.1, 0.15) is 37.7 Å². The first-order chi connectivity index (χ1) is 9.40. The molecule has 1 saturated heterocycles. The van der Waals surface area contributed by atoms with Crippen LogP contribution in [0.3, 0.4) is 0 Å². The zero-order valence-corrected chi connectivity index (χ0v) is 11.6. The first kappa shape index (κ1) is 11.8. The summed E-state index contributed by atoms with van der Waals surface area (Å²) in [7, 11) is 0. The smallest absolute Gasteiger partial charge is 0.0412 e. The van der Waals surface area contributed by atoms with E-state index in [-0.39, 0.29) is 0 Å². The van der Waals surface area contributed by atoms with Crippen molar-refractivity contribution in [2.24, 2.45) is 11.8 Å². The van der Waals surface area contributed by atoms with Crippen LogP contribution >= 0.6 is 0 Å². The number of hydrogen-bond donors (Lipinski definition) is 1. The second-order valence-corrected chi connectivity index (χ2v) is 6.64. The minimum Gasteiger partial charge on any atom is -0.371 e. The third-order valence-electron chi connectivity index (χ3n) is 5.22. The van der Waals surface area contributed by atoms with Crippen molar-refractivity contribution in [1.29, 1.82) is 0 Å². The molecule has 1 heterocycles. The highest BCUT2D eigenvalue weighted by Crippen LogP contribution is 2.40. The molecular weight excluding hydrogens is 232 g/mol. The van der Waals surface area contributed by atoms with Gasteiger partial charge in [-0.15, -0.1) is 0 Å². The zero-order valence-electron chi connectivity index (χ0n) is 11.6. The van der Waals surface area contributed by atoms with E-state index in [2.05, 4.69) is 34.5 Å². The summed E-state index contributed by atoms with van der Waals surface area (Å²) in [5.41, 5.74) is 2.99. The van der Waals surface area contributed by atoms with Gasteiger partial charge in [0, 0.05) is 31.4 Å². The highest BCUT2D eigenvalue weighted by molar-refractivity contribution is 5.54. The van der Waals surface area contributed by atoms with E-state index in [1.165, 1.54) is 56.4 Å². The summed E-state index contributed by atoms with van der Waals surface area (Å²) in [5.74, 6) is 1.95. The van der Waals surface area contributed by atoms with E-state index < -0.39 is 0 Å². The summed E-state index contributed by atoms with van der Waals surface area (Å²) >= 11 is 0. The van der Waals surface area contributed by atoms with Crippen LogP contribution in [0.25, 0.3) is 0 Å². The van der Waals surface area contributed by atoms with Crippen molar-refractivity contribution >= 4 is 5.69 Å². The van der Waals surface area contributed by atoms with Crippen molar-refractivity contribution in [3.8, 4) is 0 Å². The Morgan fingerprint density at radius 3 is 2.47 bits per heavy atom. The molecule has 1 aromatic carbocycles. The normalized spacial score (nSPS) is 29.8. The molecule has 3 fully saturated rings. The van der Waals surface area contributed by atoms with E-state index in [1.807, 2.05) is 0 Å². The molecule has 2 saturated carbocycles. The first-order valence-electron chi connectivity index (χ1n) is 7.96. The van der Waals surface area contributed by atoms with Gasteiger partial charge in [-0.3, -0.25) is 0 Å². The van der Waals surface area contributed by atoms with Gasteiger partial charge in [-0.05, 0) is 49.1 Å². The van der Waals surface area contributed by atoms with Crippen LogP contribution < -0.4 is 10.2 Å². The van der Waals surface area contributed by atoms with Gasteiger partial charge in [0.2, 0.25) is 0 Å². The van der Waals surface area contributed by atoms with E-state index in [9.17, 15) is 0 Å². The molecule has 2 aliphatic carbocycles. The van der Waals surface area contributed by atoms with E-state index >= 15 is 0 Å². The Labute approximate surface area is 116 Å². The fourth-order valence-electron chi connectivity index (χ4n) is 3.94. The van der Waals surface area contributed by atoms with Crippen molar-refractivity contribution in [3.63, 3.8) is 0 Å². The number of nitrogens with one attached hydrogen (secondary N) is 1. The Balaban J connectivity index is 1.50. The number of hydrogen-bond acceptors (Lipinski definition) is 2. The predicted molar refractivity (Wildman–Crippen MR) is 79.3 cm³/mol. The molecular formula is C17H24N2. The molecule has 1 aliphatic heterocycles. The van der Waals surface area contributed by atoms with Crippen molar-refractivity contribution < 1.29 is 0 Å². The number of anilines is 1. The van der Waals surface area contributed by atoms with Gasteiger partial charge in [-0.2, -0.15) is 0 Å². The van der Waals surface area contributed by atoms with Crippen LogP contribution in [0.5, 0.6) is 0 Å². The van der Waals surface area contributed by atoms with E-state index in [0.29, 0.717) is 0 Å². The lowest BCUT2D eigenvalue weighted by Gasteiger charge is -2.23.